The molecule has 1 saturated heterocycles. The van der Waals surface area contributed by atoms with Gasteiger partial charge in [-0.1, -0.05) is 51.9 Å². The Balaban J connectivity index is 1.67. The standard InChI is InChI=1S/C37H38ClFN8O3/c1-9-25(48)45-14-24-36(49)44(8)35-33(46(24)13-20(45)7)21-12-22(39)27(26-19(6)10-11-23-31(26)43-15-40-23)28(38)32(21)47(37(35)50)34-29(17(2)3)41-16-42-30(34)18(4)5/h9-12,15-18,20,24H,1,13-14H2,2-8H3,(H,40,43). The van der Waals surface area contributed by atoms with Crippen LogP contribution in [0.25, 0.3) is 38.8 Å². The second kappa shape index (κ2) is 12.0. The van der Waals surface area contributed by atoms with Gasteiger partial charge in [0.15, 0.2) is 0 Å². The lowest BCUT2D eigenvalue weighted by atomic mass is 9.93. The predicted octanol–water partition coefficient (Wildman–Crippen LogP) is 6.24. The lowest BCUT2D eigenvalue weighted by Gasteiger charge is -2.50. The molecule has 50 heavy (non-hydrogen) atoms. The molecular formula is C37H38ClFN8O3. The Morgan fingerprint density at radius 3 is 2.36 bits per heavy atom. The van der Waals surface area contributed by atoms with Crippen LogP contribution >= 0.6 is 11.6 Å². The molecule has 11 nitrogen and oxygen atoms in total. The predicted molar refractivity (Wildman–Crippen MR) is 194 cm³/mol. The Labute approximate surface area is 293 Å². The van der Waals surface area contributed by atoms with Gasteiger partial charge in [-0.2, -0.15) is 0 Å². The molecule has 5 aromatic rings. The number of nitrogens with zero attached hydrogens (tertiary/aromatic N) is 7. The monoisotopic (exact) mass is 696 g/mol. The minimum atomic E-state index is -0.829. The van der Waals surface area contributed by atoms with Crippen LogP contribution < -0.4 is 15.4 Å². The van der Waals surface area contributed by atoms with Crippen molar-refractivity contribution in [2.75, 3.05) is 29.9 Å². The first kappa shape index (κ1) is 33.4. The summed E-state index contributed by atoms with van der Waals surface area (Å²) in [7, 11) is 1.54. The van der Waals surface area contributed by atoms with Crippen LogP contribution in [0.3, 0.4) is 0 Å². The fourth-order valence-electron chi connectivity index (χ4n) is 7.58. The number of likely N-dealkylation sites (N-methyl/N-ethyl adjacent to an activating group) is 1. The molecule has 2 unspecified atom stereocenters. The molecule has 2 aliphatic rings. The van der Waals surface area contributed by atoms with E-state index in [2.05, 4.69) is 26.5 Å². The van der Waals surface area contributed by atoms with Gasteiger partial charge in [-0.3, -0.25) is 19.0 Å². The van der Waals surface area contributed by atoms with Gasteiger partial charge < -0.3 is 19.7 Å². The molecule has 7 rings (SSSR count). The normalized spacial score (nSPS) is 17.7. The Kier molecular flexibility index (Phi) is 8.05. The maximum atomic E-state index is 17.0. The lowest BCUT2D eigenvalue weighted by Crippen LogP contribution is -2.66. The number of carbonyl (C=O) groups is 2. The molecule has 2 amide bonds. The summed E-state index contributed by atoms with van der Waals surface area (Å²) in [6.07, 6.45) is 4.26. The van der Waals surface area contributed by atoms with Crippen LogP contribution in [0.15, 0.2) is 48.3 Å². The van der Waals surface area contributed by atoms with E-state index in [9.17, 15) is 9.59 Å². The fourth-order valence-corrected chi connectivity index (χ4v) is 7.95. The van der Waals surface area contributed by atoms with Crippen LogP contribution in [-0.2, 0) is 9.59 Å². The smallest absolute Gasteiger partial charge is 0.281 e. The Hall–Kier alpha value is -5.10. The number of aromatic nitrogens is 5. The van der Waals surface area contributed by atoms with Crippen LogP contribution in [0.5, 0.6) is 0 Å². The molecule has 2 aromatic carbocycles. The highest BCUT2D eigenvalue weighted by Gasteiger charge is 2.46. The van der Waals surface area contributed by atoms with E-state index < -0.39 is 17.4 Å². The van der Waals surface area contributed by atoms with E-state index in [-0.39, 0.29) is 64.6 Å². The highest BCUT2D eigenvalue weighted by molar-refractivity contribution is 6.39. The number of amides is 2. The molecule has 0 aliphatic carbocycles. The number of imidazole rings is 1. The van der Waals surface area contributed by atoms with Gasteiger partial charge in [0.1, 0.15) is 23.9 Å². The van der Waals surface area contributed by atoms with Crippen LogP contribution in [0, 0.1) is 12.7 Å². The minimum Gasteiger partial charge on any atom is -0.354 e. The summed E-state index contributed by atoms with van der Waals surface area (Å²) in [5.74, 6) is -1.55. The number of pyridine rings is 1. The highest BCUT2D eigenvalue weighted by Crippen LogP contribution is 2.48. The number of aryl methyl sites for hydroxylation is 1. The van der Waals surface area contributed by atoms with Crippen LogP contribution in [0.2, 0.25) is 5.02 Å². The molecule has 0 radical (unpaired) electrons. The van der Waals surface area contributed by atoms with E-state index in [1.165, 1.54) is 35.0 Å². The van der Waals surface area contributed by atoms with E-state index in [1.807, 2.05) is 58.6 Å². The quantitative estimate of drug-likeness (QED) is 0.216. The molecule has 1 fully saturated rings. The zero-order chi connectivity index (χ0) is 35.9. The van der Waals surface area contributed by atoms with Crippen molar-refractivity contribution in [2.24, 2.45) is 0 Å². The first-order valence-electron chi connectivity index (χ1n) is 16.6. The van der Waals surface area contributed by atoms with Crippen molar-refractivity contribution in [3.63, 3.8) is 0 Å². The SMILES string of the molecule is C=CC(=O)N1CC2C(=O)N(C)c3c(c4cc(F)c(-c5c(C)ccc6[nH]cnc56)c(Cl)c4n(-c4c(C(C)C)ncnc4C(C)C)c3=O)N2CC1C. The summed E-state index contributed by atoms with van der Waals surface area (Å²) in [4.78, 5) is 63.8. The summed E-state index contributed by atoms with van der Waals surface area (Å²) >= 11 is 7.46. The van der Waals surface area contributed by atoms with Crippen molar-refractivity contribution in [3.05, 3.63) is 81.7 Å². The zero-order valence-electron chi connectivity index (χ0n) is 29.0. The van der Waals surface area contributed by atoms with Gasteiger partial charge in [-0.15, -0.1) is 0 Å². The third kappa shape index (κ3) is 4.75. The van der Waals surface area contributed by atoms with Gasteiger partial charge in [0.2, 0.25) is 5.91 Å². The molecule has 0 spiro atoms. The Morgan fingerprint density at radius 2 is 1.72 bits per heavy atom. The van der Waals surface area contributed by atoms with Gasteiger partial charge in [-0.25, -0.2) is 19.3 Å². The molecule has 2 atom stereocenters. The summed E-state index contributed by atoms with van der Waals surface area (Å²) < 4.78 is 18.5. The molecule has 0 bridgehead atoms. The molecular weight excluding hydrogens is 659 g/mol. The van der Waals surface area contributed by atoms with Gasteiger partial charge in [0.25, 0.3) is 11.5 Å². The maximum absolute atomic E-state index is 17.0. The molecule has 3 aromatic heterocycles. The third-order valence-corrected chi connectivity index (χ3v) is 10.4. The lowest BCUT2D eigenvalue weighted by molar-refractivity contribution is -0.130. The maximum Gasteiger partial charge on any atom is 0.281 e. The number of rotatable bonds is 5. The number of hydrogen-bond acceptors (Lipinski definition) is 7. The summed E-state index contributed by atoms with van der Waals surface area (Å²) in [5.41, 5.74) is 4.43. The first-order chi connectivity index (χ1) is 23.8. The second-order valence-electron chi connectivity index (χ2n) is 13.7. The number of nitrogens with one attached hydrogen (secondary N) is 1. The van der Waals surface area contributed by atoms with Crippen LogP contribution in [0.4, 0.5) is 15.8 Å². The Morgan fingerprint density at radius 1 is 1.04 bits per heavy atom. The molecule has 13 heteroatoms. The number of benzene rings is 2. The average molecular weight is 697 g/mol. The molecule has 1 N–H and O–H groups in total. The molecule has 258 valence electrons. The van der Waals surface area contributed by atoms with Crippen molar-refractivity contribution in [1.82, 2.24) is 29.4 Å². The van der Waals surface area contributed by atoms with Crippen LogP contribution in [0.1, 0.15) is 63.4 Å². The summed E-state index contributed by atoms with van der Waals surface area (Å²) in [6.45, 7) is 15.5. The first-order valence-corrected chi connectivity index (χ1v) is 17.0. The van der Waals surface area contributed by atoms with Crippen molar-refractivity contribution in [2.45, 2.75) is 65.5 Å². The number of aromatic amines is 1. The van der Waals surface area contributed by atoms with Crippen molar-refractivity contribution >= 4 is 56.7 Å². The summed E-state index contributed by atoms with van der Waals surface area (Å²) in [6, 6.07) is 3.96. The van der Waals surface area contributed by atoms with Crippen molar-refractivity contribution in [3.8, 4) is 16.8 Å². The van der Waals surface area contributed by atoms with E-state index in [0.29, 0.717) is 44.7 Å². The average Bonchev–Trinajstić information content (AvgIpc) is 3.56. The van der Waals surface area contributed by atoms with Crippen molar-refractivity contribution < 1.29 is 14.0 Å². The van der Waals surface area contributed by atoms with E-state index in [1.54, 1.807) is 11.2 Å². The number of hydrogen-bond donors (Lipinski definition) is 1. The molecule has 0 saturated carbocycles. The number of piperazine rings is 1. The number of carbonyl (C=O) groups excluding carboxylic acids is 2. The third-order valence-electron chi connectivity index (χ3n) is 9.98. The van der Waals surface area contributed by atoms with E-state index in [4.69, 9.17) is 11.6 Å². The van der Waals surface area contributed by atoms with Gasteiger partial charge >= 0.3 is 0 Å². The number of H-pyrrole nitrogens is 1. The Bertz CT molecular complexity index is 2300. The number of anilines is 2. The van der Waals surface area contributed by atoms with Gasteiger partial charge in [-0.05, 0) is 49.5 Å². The van der Waals surface area contributed by atoms with Gasteiger partial charge in [0.05, 0.1) is 57.2 Å². The van der Waals surface area contributed by atoms with E-state index >= 15 is 9.18 Å². The van der Waals surface area contributed by atoms with Crippen LogP contribution in [-0.4, -0.2) is 73.4 Å². The highest BCUT2D eigenvalue weighted by atomic mass is 35.5. The number of fused-ring (bicyclic) bond motifs is 6. The van der Waals surface area contributed by atoms with Crippen molar-refractivity contribution in [1.29, 1.82) is 0 Å². The zero-order valence-corrected chi connectivity index (χ0v) is 29.8. The number of halogens is 2. The molecule has 5 heterocycles. The largest absolute Gasteiger partial charge is 0.354 e. The summed E-state index contributed by atoms with van der Waals surface area (Å²) in [5, 5.41) is 0.349. The fraction of sp³-hybridized carbons (Fsp3) is 0.351. The second-order valence-corrected chi connectivity index (χ2v) is 14.1. The topological polar surface area (TPSA) is 120 Å². The van der Waals surface area contributed by atoms with Gasteiger partial charge in [0, 0.05) is 36.1 Å². The van der Waals surface area contributed by atoms with E-state index in [0.717, 1.165) is 5.56 Å². The molecule has 2 aliphatic heterocycles. The minimum absolute atomic E-state index is 0.0105.